The molecule has 1 aliphatic rings. The summed E-state index contributed by atoms with van der Waals surface area (Å²) in [5.74, 6) is 0.897. The van der Waals surface area contributed by atoms with E-state index in [2.05, 4.69) is 11.9 Å². The number of likely N-dealkylation sites (N-methyl/N-ethyl adjacent to an activating group) is 1. The van der Waals surface area contributed by atoms with Gasteiger partial charge in [-0.15, -0.1) is 0 Å². The van der Waals surface area contributed by atoms with Crippen molar-refractivity contribution >= 4 is 11.6 Å². The molecule has 1 aromatic carbocycles. The van der Waals surface area contributed by atoms with Crippen LogP contribution < -0.4 is 5.73 Å². The van der Waals surface area contributed by atoms with E-state index >= 15 is 0 Å². The summed E-state index contributed by atoms with van der Waals surface area (Å²) in [4.78, 5) is 2.28. The fourth-order valence-corrected chi connectivity index (χ4v) is 2.47. The second kappa shape index (κ2) is 5.25. The lowest BCUT2D eigenvalue weighted by Crippen LogP contribution is -2.39. The van der Waals surface area contributed by atoms with E-state index in [4.69, 9.17) is 17.3 Å². The molecular weight excluding hydrogens is 236 g/mol. The molecule has 0 bridgehead atoms. The van der Waals surface area contributed by atoms with Crippen molar-refractivity contribution < 1.29 is 5.11 Å². The average Bonchev–Trinajstić information content (AvgIpc) is 3.09. The molecule has 3 nitrogen and oxygen atoms in total. The van der Waals surface area contributed by atoms with Crippen LogP contribution in [0.3, 0.4) is 0 Å². The van der Waals surface area contributed by atoms with E-state index in [1.165, 1.54) is 12.8 Å². The van der Waals surface area contributed by atoms with Crippen LogP contribution in [0.4, 0.5) is 0 Å². The summed E-state index contributed by atoms with van der Waals surface area (Å²) in [6, 6.07) is 5.81. The quantitative estimate of drug-likeness (QED) is 0.847. The SMILES string of the molecule is CN(Cc1ccc(O)c(Cl)c1)C(CN)C1CC1. The lowest BCUT2D eigenvalue weighted by molar-refractivity contribution is 0.215. The molecule has 3 N–H and O–H groups in total. The number of nitrogens with zero attached hydrogens (tertiary/aromatic N) is 1. The van der Waals surface area contributed by atoms with Crippen molar-refractivity contribution in [1.29, 1.82) is 0 Å². The van der Waals surface area contributed by atoms with Gasteiger partial charge in [0.1, 0.15) is 5.75 Å². The second-order valence-electron chi connectivity index (χ2n) is 4.84. The Morgan fingerprint density at radius 1 is 1.53 bits per heavy atom. The Hall–Kier alpha value is -0.770. The van der Waals surface area contributed by atoms with Crippen molar-refractivity contribution in [3.05, 3.63) is 28.8 Å². The highest BCUT2D eigenvalue weighted by molar-refractivity contribution is 6.32. The van der Waals surface area contributed by atoms with Gasteiger partial charge < -0.3 is 10.8 Å². The van der Waals surface area contributed by atoms with Crippen LogP contribution in [0.5, 0.6) is 5.75 Å². The molecule has 1 atom stereocenters. The number of phenols is 1. The standard InChI is InChI=1S/C13H19ClN2O/c1-16(12(7-15)10-3-4-10)8-9-2-5-13(17)11(14)6-9/h2,5-6,10,12,17H,3-4,7-8,15H2,1H3. The molecule has 1 fully saturated rings. The van der Waals surface area contributed by atoms with E-state index < -0.39 is 0 Å². The Kier molecular flexibility index (Phi) is 3.92. The van der Waals surface area contributed by atoms with Gasteiger partial charge in [0.05, 0.1) is 5.02 Å². The fraction of sp³-hybridized carbons (Fsp3) is 0.538. The first-order chi connectivity index (χ1) is 8.11. The Labute approximate surface area is 107 Å². The number of halogens is 1. The number of hydrogen-bond acceptors (Lipinski definition) is 3. The molecule has 0 aliphatic heterocycles. The van der Waals surface area contributed by atoms with Crippen molar-refractivity contribution in [2.45, 2.75) is 25.4 Å². The van der Waals surface area contributed by atoms with Crippen LogP contribution in [-0.2, 0) is 6.54 Å². The summed E-state index contributed by atoms with van der Waals surface area (Å²) in [6.07, 6.45) is 2.59. The fourth-order valence-electron chi connectivity index (χ4n) is 2.27. The third kappa shape index (κ3) is 3.12. The molecule has 1 unspecified atom stereocenters. The monoisotopic (exact) mass is 254 g/mol. The summed E-state index contributed by atoms with van der Waals surface area (Å²) >= 11 is 5.89. The molecule has 0 amide bonds. The lowest BCUT2D eigenvalue weighted by Gasteiger charge is -2.27. The number of rotatable bonds is 5. The molecule has 0 heterocycles. The first kappa shape index (κ1) is 12.7. The van der Waals surface area contributed by atoms with Gasteiger partial charge in [-0.3, -0.25) is 4.90 Å². The normalized spacial score (nSPS) is 17.4. The summed E-state index contributed by atoms with van der Waals surface area (Å²) in [5, 5.41) is 9.77. The highest BCUT2D eigenvalue weighted by Gasteiger charge is 2.32. The Balaban J connectivity index is 2.01. The minimum atomic E-state index is 0.135. The van der Waals surface area contributed by atoms with Gasteiger partial charge in [0, 0.05) is 19.1 Å². The van der Waals surface area contributed by atoms with Crippen LogP contribution >= 0.6 is 11.6 Å². The van der Waals surface area contributed by atoms with Gasteiger partial charge in [0.25, 0.3) is 0 Å². The van der Waals surface area contributed by atoms with Crippen molar-refractivity contribution in [2.24, 2.45) is 11.7 Å². The minimum absolute atomic E-state index is 0.135. The van der Waals surface area contributed by atoms with Crippen LogP contribution in [0.1, 0.15) is 18.4 Å². The first-order valence-electron chi connectivity index (χ1n) is 5.99. The third-order valence-electron chi connectivity index (χ3n) is 3.42. The molecular formula is C13H19ClN2O. The lowest BCUT2D eigenvalue weighted by atomic mass is 10.1. The van der Waals surface area contributed by atoms with Gasteiger partial charge in [-0.1, -0.05) is 17.7 Å². The van der Waals surface area contributed by atoms with Crippen molar-refractivity contribution in [3.63, 3.8) is 0 Å². The van der Waals surface area contributed by atoms with Crippen LogP contribution in [0.15, 0.2) is 18.2 Å². The van der Waals surface area contributed by atoms with Crippen LogP contribution in [0.25, 0.3) is 0 Å². The van der Waals surface area contributed by atoms with Gasteiger partial charge in [0.15, 0.2) is 0 Å². The number of nitrogens with two attached hydrogens (primary N) is 1. The predicted molar refractivity (Wildman–Crippen MR) is 70.2 cm³/mol. The smallest absolute Gasteiger partial charge is 0.134 e. The summed E-state index contributed by atoms with van der Waals surface area (Å²) in [6.45, 7) is 1.52. The molecule has 17 heavy (non-hydrogen) atoms. The van der Waals surface area contributed by atoms with Crippen LogP contribution in [-0.4, -0.2) is 29.6 Å². The first-order valence-corrected chi connectivity index (χ1v) is 6.37. The number of benzene rings is 1. The maximum Gasteiger partial charge on any atom is 0.134 e. The number of hydrogen-bond donors (Lipinski definition) is 2. The summed E-state index contributed by atoms with van der Waals surface area (Å²) in [5.41, 5.74) is 6.92. The zero-order chi connectivity index (χ0) is 12.4. The van der Waals surface area contributed by atoms with Crippen LogP contribution in [0.2, 0.25) is 5.02 Å². The van der Waals surface area contributed by atoms with E-state index in [1.54, 1.807) is 6.07 Å². The molecule has 1 saturated carbocycles. The maximum atomic E-state index is 9.37. The van der Waals surface area contributed by atoms with E-state index in [0.29, 0.717) is 17.6 Å². The largest absolute Gasteiger partial charge is 0.506 e. The maximum absolute atomic E-state index is 9.37. The topological polar surface area (TPSA) is 49.5 Å². The zero-order valence-corrected chi connectivity index (χ0v) is 10.8. The molecule has 94 valence electrons. The molecule has 0 radical (unpaired) electrons. The molecule has 0 aromatic heterocycles. The van der Waals surface area contributed by atoms with Gasteiger partial charge in [-0.25, -0.2) is 0 Å². The minimum Gasteiger partial charge on any atom is -0.506 e. The van der Waals surface area contributed by atoms with E-state index in [1.807, 2.05) is 12.1 Å². The van der Waals surface area contributed by atoms with Gasteiger partial charge >= 0.3 is 0 Å². The molecule has 4 heteroatoms. The number of phenolic OH excluding ortho intramolecular Hbond substituents is 1. The molecule has 2 rings (SSSR count). The zero-order valence-electron chi connectivity index (χ0n) is 10.1. The van der Waals surface area contributed by atoms with Crippen molar-refractivity contribution in [2.75, 3.05) is 13.6 Å². The summed E-state index contributed by atoms with van der Waals surface area (Å²) < 4.78 is 0. The third-order valence-corrected chi connectivity index (χ3v) is 3.72. The Morgan fingerprint density at radius 2 is 2.24 bits per heavy atom. The second-order valence-corrected chi connectivity index (χ2v) is 5.25. The van der Waals surface area contributed by atoms with Crippen LogP contribution in [0, 0.1) is 5.92 Å². The van der Waals surface area contributed by atoms with E-state index in [9.17, 15) is 5.11 Å². The Morgan fingerprint density at radius 3 is 2.76 bits per heavy atom. The highest BCUT2D eigenvalue weighted by Crippen LogP contribution is 2.35. The van der Waals surface area contributed by atoms with Gasteiger partial charge in [-0.2, -0.15) is 0 Å². The predicted octanol–water partition coefficient (Wildman–Crippen LogP) is 2.21. The van der Waals surface area contributed by atoms with E-state index in [0.717, 1.165) is 18.0 Å². The average molecular weight is 255 g/mol. The molecule has 0 spiro atoms. The van der Waals surface area contributed by atoms with Gasteiger partial charge in [-0.05, 0) is 43.5 Å². The van der Waals surface area contributed by atoms with Crippen molar-refractivity contribution in [1.82, 2.24) is 4.90 Å². The van der Waals surface area contributed by atoms with Crippen molar-refractivity contribution in [3.8, 4) is 5.75 Å². The molecule has 1 aromatic rings. The van der Waals surface area contributed by atoms with Gasteiger partial charge in [0.2, 0.25) is 0 Å². The number of aromatic hydroxyl groups is 1. The molecule has 1 aliphatic carbocycles. The summed E-state index contributed by atoms with van der Waals surface area (Å²) in [7, 11) is 2.09. The highest BCUT2D eigenvalue weighted by atomic mass is 35.5. The Bertz CT molecular complexity index is 393. The van der Waals surface area contributed by atoms with E-state index in [-0.39, 0.29) is 5.75 Å². The molecule has 0 saturated heterocycles.